The molecule has 3 aromatic rings. The van der Waals surface area contributed by atoms with Gasteiger partial charge in [0.2, 0.25) is 0 Å². The van der Waals surface area contributed by atoms with Gasteiger partial charge >= 0.3 is 5.97 Å². The minimum Gasteiger partial charge on any atom is -0.480 e. The molecule has 0 aliphatic heterocycles. The van der Waals surface area contributed by atoms with Crippen LogP contribution < -0.4 is 10.6 Å². The zero-order valence-electron chi connectivity index (χ0n) is 16.8. The molecule has 10 heteroatoms. The number of fused-ring (bicyclic) bond motifs is 1. The fourth-order valence-electron chi connectivity index (χ4n) is 3.33. The average molecular weight is 508 g/mol. The molecule has 2 aromatic carbocycles. The third-order valence-corrected chi connectivity index (χ3v) is 5.13. The van der Waals surface area contributed by atoms with Gasteiger partial charge in [-0.25, -0.2) is 4.98 Å². The highest BCUT2D eigenvalue weighted by atomic mass is 35.5. The molecule has 0 spiro atoms. The summed E-state index contributed by atoms with van der Waals surface area (Å²) in [6.45, 7) is 1.39. The number of imidazole rings is 1. The predicted molar refractivity (Wildman–Crippen MR) is 133 cm³/mol. The maximum atomic E-state index is 11.1. The van der Waals surface area contributed by atoms with Crippen molar-refractivity contribution in [1.82, 2.24) is 9.55 Å². The van der Waals surface area contributed by atoms with E-state index in [0.29, 0.717) is 37.7 Å². The van der Waals surface area contributed by atoms with Gasteiger partial charge in [0, 0.05) is 42.6 Å². The molecule has 1 heterocycles. The second-order valence-electron chi connectivity index (χ2n) is 6.72. The number of aryl methyl sites for hydroxylation is 1. The molecule has 0 fully saturated rings. The Bertz CT molecular complexity index is 963. The van der Waals surface area contributed by atoms with Crippen LogP contribution in [0, 0.1) is 0 Å². The van der Waals surface area contributed by atoms with Crippen LogP contribution in [0.5, 0.6) is 0 Å². The van der Waals surface area contributed by atoms with Crippen molar-refractivity contribution >= 4 is 70.7 Å². The van der Waals surface area contributed by atoms with E-state index in [9.17, 15) is 4.79 Å². The van der Waals surface area contributed by atoms with E-state index in [1.807, 2.05) is 48.5 Å². The van der Waals surface area contributed by atoms with Crippen LogP contribution in [-0.2, 0) is 11.2 Å². The summed E-state index contributed by atoms with van der Waals surface area (Å²) in [4.78, 5) is 18.0. The van der Waals surface area contributed by atoms with E-state index in [4.69, 9.17) is 39.0 Å². The van der Waals surface area contributed by atoms with E-state index >= 15 is 0 Å². The van der Waals surface area contributed by atoms with Gasteiger partial charge < -0.3 is 15.7 Å². The molecule has 1 unspecified atom stereocenters. The number of hydrogen-bond acceptors (Lipinski definition) is 4. The number of alkyl halides is 2. The largest absolute Gasteiger partial charge is 0.480 e. The van der Waals surface area contributed by atoms with Crippen LogP contribution >= 0.6 is 48.0 Å². The van der Waals surface area contributed by atoms with Crippen molar-refractivity contribution in [2.45, 2.75) is 18.9 Å². The van der Waals surface area contributed by atoms with Gasteiger partial charge in [0.1, 0.15) is 11.9 Å². The Morgan fingerprint density at radius 1 is 1.10 bits per heavy atom. The molecule has 3 N–H and O–H groups in total. The van der Waals surface area contributed by atoms with Crippen LogP contribution in [0.1, 0.15) is 12.2 Å². The first-order valence-electron chi connectivity index (χ1n) is 9.47. The number of carboxylic acid groups (broad SMARTS) is 1. The first-order chi connectivity index (χ1) is 14.0. The van der Waals surface area contributed by atoms with Crippen molar-refractivity contribution in [3.05, 3.63) is 54.4 Å². The predicted octanol–water partition coefficient (Wildman–Crippen LogP) is 4.50. The van der Waals surface area contributed by atoms with Crippen LogP contribution in [0.2, 0.25) is 0 Å². The number of carbonyl (C=O) groups is 1. The standard InChI is InChI=1S/C21H24Cl2N4O2.2ClH/c22-10-12-26(13-11-23)16-6-8-19-18(14-16)25-20(9-7-17(24)21(28)29)27(19)15-4-2-1-3-5-15;;/h1-6,8,14,17H,7,9-13,24H2,(H,28,29);2*1H. The third-order valence-electron chi connectivity index (χ3n) is 4.79. The topological polar surface area (TPSA) is 84.4 Å². The molecule has 0 saturated heterocycles. The lowest BCUT2D eigenvalue weighted by molar-refractivity contribution is -0.138. The van der Waals surface area contributed by atoms with Gasteiger partial charge in [-0.05, 0) is 36.8 Å². The monoisotopic (exact) mass is 506 g/mol. The summed E-state index contributed by atoms with van der Waals surface area (Å²) in [6.07, 6.45) is 0.766. The van der Waals surface area contributed by atoms with Crippen molar-refractivity contribution < 1.29 is 9.90 Å². The lowest BCUT2D eigenvalue weighted by Gasteiger charge is -2.22. The molecule has 1 atom stereocenters. The molecular weight excluding hydrogens is 482 g/mol. The molecule has 0 radical (unpaired) electrons. The molecule has 31 heavy (non-hydrogen) atoms. The second kappa shape index (κ2) is 13.0. The quantitative estimate of drug-likeness (QED) is 0.395. The summed E-state index contributed by atoms with van der Waals surface area (Å²) in [5, 5.41) is 9.11. The molecule has 1 aromatic heterocycles. The first kappa shape index (κ1) is 27.3. The van der Waals surface area contributed by atoms with E-state index in [2.05, 4.69) is 9.47 Å². The van der Waals surface area contributed by atoms with Gasteiger partial charge in [-0.1, -0.05) is 18.2 Å². The van der Waals surface area contributed by atoms with Gasteiger partial charge in [-0.15, -0.1) is 48.0 Å². The summed E-state index contributed by atoms with van der Waals surface area (Å²) in [7, 11) is 0. The molecular formula is C21H26Cl4N4O2. The number of benzene rings is 2. The average Bonchev–Trinajstić information content (AvgIpc) is 3.09. The van der Waals surface area contributed by atoms with Crippen LogP contribution in [0.15, 0.2) is 48.5 Å². The Morgan fingerprint density at radius 2 is 1.74 bits per heavy atom. The van der Waals surface area contributed by atoms with E-state index in [1.54, 1.807) is 0 Å². The number of hydrogen-bond donors (Lipinski definition) is 2. The van der Waals surface area contributed by atoms with E-state index < -0.39 is 12.0 Å². The Hall–Kier alpha value is -1.70. The smallest absolute Gasteiger partial charge is 0.320 e. The molecule has 0 aliphatic rings. The molecule has 3 rings (SSSR count). The SMILES string of the molecule is Cl.Cl.NC(CCc1nc2cc(N(CCCl)CCCl)ccc2n1-c1ccccc1)C(=O)O. The number of aromatic nitrogens is 2. The number of halogens is 4. The number of anilines is 1. The minimum absolute atomic E-state index is 0. The maximum Gasteiger partial charge on any atom is 0.320 e. The summed E-state index contributed by atoms with van der Waals surface area (Å²) in [5.41, 5.74) is 9.47. The summed E-state index contributed by atoms with van der Waals surface area (Å²) in [6, 6.07) is 15.1. The Balaban J connectivity index is 0.00000240. The van der Waals surface area contributed by atoms with Gasteiger partial charge in [-0.2, -0.15) is 0 Å². The van der Waals surface area contributed by atoms with Crippen molar-refractivity contribution in [1.29, 1.82) is 0 Å². The fraction of sp³-hybridized carbons (Fsp3) is 0.333. The molecule has 0 amide bonds. The van der Waals surface area contributed by atoms with Crippen molar-refractivity contribution in [3.8, 4) is 5.69 Å². The third kappa shape index (κ3) is 6.64. The molecule has 0 bridgehead atoms. The number of aliphatic carboxylic acids is 1. The fourth-order valence-corrected chi connectivity index (χ4v) is 3.74. The number of nitrogens with zero attached hydrogens (tertiary/aromatic N) is 3. The van der Waals surface area contributed by atoms with Gasteiger partial charge in [0.25, 0.3) is 0 Å². The van der Waals surface area contributed by atoms with Crippen LogP contribution in [0.25, 0.3) is 16.7 Å². The molecule has 6 nitrogen and oxygen atoms in total. The van der Waals surface area contributed by atoms with E-state index in [0.717, 1.165) is 28.2 Å². The maximum absolute atomic E-state index is 11.1. The Morgan fingerprint density at radius 3 is 2.32 bits per heavy atom. The highest BCUT2D eigenvalue weighted by Gasteiger charge is 2.17. The van der Waals surface area contributed by atoms with Crippen molar-refractivity contribution in [3.63, 3.8) is 0 Å². The molecule has 170 valence electrons. The van der Waals surface area contributed by atoms with Crippen LogP contribution in [-0.4, -0.2) is 51.5 Å². The summed E-state index contributed by atoms with van der Waals surface area (Å²) in [5.74, 6) is 0.783. The minimum atomic E-state index is -1.01. The van der Waals surface area contributed by atoms with Crippen molar-refractivity contribution in [2.24, 2.45) is 5.73 Å². The Kier molecular flexibility index (Phi) is 11.5. The number of carboxylic acids is 1. The number of rotatable bonds is 10. The lowest BCUT2D eigenvalue weighted by atomic mass is 10.1. The van der Waals surface area contributed by atoms with Crippen LogP contribution in [0.4, 0.5) is 5.69 Å². The number of para-hydroxylation sites is 1. The second-order valence-corrected chi connectivity index (χ2v) is 7.48. The normalized spacial score (nSPS) is 11.5. The molecule has 0 aliphatic carbocycles. The Labute approximate surface area is 204 Å². The summed E-state index contributed by atoms with van der Waals surface area (Å²) < 4.78 is 2.06. The highest BCUT2D eigenvalue weighted by Crippen LogP contribution is 2.27. The zero-order chi connectivity index (χ0) is 20.8. The number of nitrogens with two attached hydrogens (primary N) is 1. The van der Waals surface area contributed by atoms with Gasteiger partial charge in [-0.3, -0.25) is 9.36 Å². The first-order valence-corrected chi connectivity index (χ1v) is 10.5. The zero-order valence-corrected chi connectivity index (χ0v) is 19.9. The highest BCUT2D eigenvalue weighted by molar-refractivity contribution is 6.18. The molecule has 0 saturated carbocycles. The van der Waals surface area contributed by atoms with Gasteiger partial charge in [0.05, 0.1) is 11.0 Å². The van der Waals surface area contributed by atoms with E-state index in [1.165, 1.54) is 0 Å². The van der Waals surface area contributed by atoms with E-state index in [-0.39, 0.29) is 24.8 Å². The summed E-state index contributed by atoms with van der Waals surface area (Å²) >= 11 is 11.9. The van der Waals surface area contributed by atoms with Crippen LogP contribution in [0.3, 0.4) is 0 Å². The van der Waals surface area contributed by atoms with Crippen molar-refractivity contribution in [2.75, 3.05) is 29.7 Å². The lowest BCUT2D eigenvalue weighted by Crippen LogP contribution is -2.30. The van der Waals surface area contributed by atoms with Gasteiger partial charge in [0.15, 0.2) is 0 Å².